The molecule has 0 fully saturated rings. The van der Waals surface area contributed by atoms with Crippen LogP contribution < -0.4 is 9.47 Å². The molecular weight excluding hydrogens is 500 g/mol. The summed E-state index contributed by atoms with van der Waals surface area (Å²) in [5.74, 6) is 0.448. The Bertz CT molecular complexity index is 1490. The molecule has 7 nitrogen and oxygen atoms in total. The zero-order valence-corrected chi connectivity index (χ0v) is 22.1. The predicted molar refractivity (Wildman–Crippen MR) is 150 cm³/mol. The fourth-order valence-electron chi connectivity index (χ4n) is 4.01. The maximum absolute atomic E-state index is 13.5. The number of nitrogens with zero attached hydrogens (tertiary/aromatic N) is 1. The van der Waals surface area contributed by atoms with Gasteiger partial charge in [-0.3, -0.25) is 9.89 Å². The maximum Gasteiger partial charge on any atom is 0.189 e. The van der Waals surface area contributed by atoms with Crippen LogP contribution in [0, 0.1) is 5.41 Å². The second-order valence-electron chi connectivity index (χ2n) is 10.0. The quantitative estimate of drug-likeness (QED) is 0.249. The Morgan fingerprint density at radius 2 is 1.58 bits per heavy atom. The zero-order chi connectivity index (χ0) is 26.6. The number of aromatic amines is 1. The molecule has 0 aliphatic rings. The smallest absolute Gasteiger partial charge is 0.189 e. The van der Waals surface area contributed by atoms with E-state index in [1.165, 1.54) is 6.07 Å². The number of carbonyl (C=O) groups excluding carboxylic acids is 1. The molecule has 0 bridgehead atoms. The molecule has 0 aliphatic carbocycles. The highest BCUT2D eigenvalue weighted by atomic mass is 32.2. The van der Waals surface area contributed by atoms with Gasteiger partial charge in [-0.05, 0) is 58.5 Å². The summed E-state index contributed by atoms with van der Waals surface area (Å²) >= 11 is 0. The molecule has 1 N–H and O–H groups in total. The topological polar surface area (TPSA) is 98.3 Å². The van der Waals surface area contributed by atoms with E-state index in [-0.39, 0.29) is 35.7 Å². The third kappa shape index (κ3) is 7.10. The van der Waals surface area contributed by atoms with Gasteiger partial charge in [0, 0.05) is 18.2 Å². The number of sulfone groups is 1. The van der Waals surface area contributed by atoms with Crippen molar-refractivity contribution in [1.82, 2.24) is 10.2 Å². The number of ether oxygens (including phenoxy) is 2. The number of Topliss-reactive ketones (excluding diaryl/α,β-unsaturated/α-hetero) is 1. The summed E-state index contributed by atoms with van der Waals surface area (Å²) in [5.41, 5.74) is 2.93. The first-order valence-corrected chi connectivity index (χ1v) is 13.5. The van der Waals surface area contributed by atoms with Crippen molar-refractivity contribution in [3.63, 3.8) is 0 Å². The van der Waals surface area contributed by atoms with Crippen LogP contribution in [-0.2, 0) is 14.6 Å². The number of hydrogen-bond acceptors (Lipinski definition) is 6. The summed E-state index contributed by atoms with van der Waals surface area (Å²) in [4.78, 5) is 12.6. The van der Waals surface area contributed by atoms with E-state index in [1.54, 1.807) is 37.7 Å². The Balaban J connectivity index is 0.00000400. The van der Waals surface area contributed by atoms with Crippen molar-refractivity contribution in [2.24, 2.45) is 5.41 Å². The zero-order valence-electron chi connectivity index (χ0n) is 21.3. The SMILES string of the molecule is C.COc1ccc(-c2cccc(Oc3ccc(-c4cn[nH]c4)cc3S(=O)(=O)CC(=O)CC(C)(C)C)c2)cc1. The second-order valence-corrected chi connectivity index (χ2v) is 12.0. The van der Waals surface area contributed by atoms with Gasteiger partial charge in [0.25, 0.3) is 0 Å². The number of H-pyrrole nitrogens is 1. The predicted octanol–water partition coefficient (Wildman–Crippen LogP) is 6.96. The number of benzene rings is 3. The highest BCUT2D eigenvalue weighted by Crippen LogP contribution is 2.35. The summed E-state index contributed by atoms with van der Waals surface area (Å²) in [6.07, 6.45) is 3.44. The average molecular weight is 535 g/mol. The Morgan fingerprint density at radius 3 is 2.21 bits per heavy atom. The van der Waals surface area contributed by atoms with Crippen molar-refractivity contribution in [3.8, 4) is 39.5 Å². The van der Waals surface area contributed by atoms with E-state index < -0.39 is 15.6 Å². The lowest BCUT2D eigenvalue weighted by atomic mass is 9.90. The molecule has 200 valence electrons. The average Bonchev–Trinajstić information content (AvgIpc) is 3.38. The third-order valence-corrected chi connectivity index (χ3v) is 7.37. The minimum Gasteiger partial charge on any atom is -0.497 e. The summed E-state index contributed by atoms with van der Waals surface area (Å²) in [6, 6.07) is 19.9. The monoisotopic (exact) mass is 534 g/mol. The lowest BCUT2D eigenvalue weighted by Crippen LogP contribution is -2.21. The molecule has 0 unspecified atom stereocenters. The van der Waals surface area contributed by atoms with Gasteiger partial charge in [-0.25, -0.2) is 8.42 Å². The molecule has 0 radical (unpaired) electrons. The van der Waals surface area contributed by atoms with Crippen molar-refractivity contribution < 1.29 is 22.7 Å². The van der Waals surface area contributed by atoms with Gasteiger partial charge < -0.3 is 9.47 Å². The molecule has 4 rings (SSSR count). The Morgan fingerprint density at radius 1 is 0.895 bits per heavy atom. The largest absolute Gasteiger partial charge is 0.497 e. The Labute approximate surface area is 224 Å². The number of rotatable bonds is 9. The number of aromatic nitrogens is 2. The third-order valence-electron chi connectivity index (χ3n) is 5.67. The fraction of sp³-hybridized carbons (Fsp3) is 0.267. The van der Waals surface area contributed by atoms with Gasteiger partial charge in [-0.2, -0.15) is 5.10 Å². The van der Waals surface area contributed by atoms with Gasteiger partial charge in [0.15, 0.2) is 9.84 Å². The molecule has 0 spiro atoms. The van der Waals surface area contributed by atoms with E-state index in [1.807, 2.05) is 63.2 Å². The molecule has 38 heavy (non-hydrogen) atoms. The van der Waals surface area contributed by atoms with E-state index in [0.29, 0.717) is 11.3 Å². The lowest BCUT2D eigenvalue weighted by molar-refractivity contribution is -0.118. The molecule has 1 aromatic heterocycles. The van der Waals surface area contributed by atoms with E-state index in [4.69, 9.17) is 9.47 Å². The molecule has 0 atom stereocenters. The van der Waals surface area contributed by atoms with Crippen molar-refractivity contribution in [2.45, 2.75) is 39.5 Å². The van der Waals surface area contributed by atoms with Crippen molar-refractivity contribution in [1.29, 1.82) is 0 Å². The number of ketones is 1. The molecule has 4 aromatic rings. The van der Waals surface area contributed by atoms with Crippen LogP contribution in [0.1, 0.15) is 34.6 Å². The molecule has 0 saturated heterocycles. The minimum absolute atomic E-state index is 0. The Hall–Kier alpha value is -3.91. The first-order valence-electron chi connectivity index (χ1n) is 11.8. The summed E-state index contributed by atoms with van der Waals surface area (Å²) in [5, 5.41) is 6.69. The Kier molecular flexibility index (Phi) is 8.78. The van der Waals surface area contributed by atoms with Crippen LogP contribution in [0.3, 0.4) is 0 Å². The maximum atomic E-state index is 13.5. The van der Waals surface area contributed by atoms with Crippen molar-refractivity contribution in [2.75, 3.05) is 12.9 Å². The van der Waals surface area contributed by atoms with Gasteiger partial charge >= 0.3 is 0 Å². The normalized spacial score (nSPS) is 11.5. The van der Waals surface area contributed by atoms with Gasteiger partial charge in [0.05, 0.1) is 13.3 Å². The van der Waals surface area contributed by atoms with Gasteiger partial charge in [-0.15, -0.1) is 0 Å². The molecular formula is C30H34N2O5S. The van der Waals surface area contributed by atoms with Crippen LogP contribution in [0.4, 0.5) is 0 Å². The first-order chi connectivity index (χ1) is 17.5. The molecule has 8 heteroatoms. The standard InChI is InChI=1S/C29H30N2O5S.CH4/c1-29(2,3)16-24(32)19-37(33,34)28-15-22(23-17-30-31-18-23)10-13-27(28)36-26-7-5-6-21(14-26)20-8-11-25(35-4)12-9-20;/h5-15,17-18H,16,19H2,1-4H3,(H,30,31);1H4. The van der Waals surface area contributed by atoms with Crippen LogP contribution in [0.15, 0.2) is 84.0 Å². The van der Waals surface area contributed by atoms with Crippen LogP contribution in [0.2, 0.25) is 0 Å². The highest BCUT2D eigenvalue weighted by Gasteiger charge is 2.27. The highest BCUT2D eigenvalue weighted by molar-refractivity contribution is 7.92. The summed E-state index contributed by atoms with van der Waals surface area (Å²) in [7, 11) is -2.37. The van der Waals surface area contributed by atoms with Gasteiger partial charge in [0.2, 0.25) is 0 Å². The molecule has 1 heterocycles. The van der Waals surface area contributed by atoms with Gasteiger partial charge in [0.1, 0.15) is 33.7 Å². The molecule has 0 saturated carbocycles. The van der Waals surface area contributed by atoms with Crippen molar-refractivity contribution >= 4 is 15.6 Å². The van der Waals surface area contributed by atoms with Crippen LogP contribution >= 0.6 is 0 Å². The first kappa shape index (κ1) is 28.7. The van der Waals surface area contributed by atoms with E-state index >= 15 is 0 Å². The van der Waals surface area contributed by atoms with E-state index in [2.05, 4.69) is 10.2 Å². The van der Waals surface area contributed by atoms with Crippen LogP contribution in [0.25, 0.3) is 22.3 Å². The minimum atomic E-state index is -3.99. The van der Waals surface area contributed by atoms with E-state index in [9.17, 15) is 13.2 Å². The van der Waals surface area contributed by atoms with Crippen molar-refractivity contribution in [3.05, 3.63) is 79.1 Å². The summed E-state index contributed by atoms with van der Waals surface area (Å²) in [6.45, 7) is 5.71. The summed E-state index contributed by atoms with van der Waals surface area (Å²) < 4.78 is 38.3. The number of carbonyl (C=O) groups is 1. The van der Waals surface area contributed by atoms with Crippen LogP contribution in [0.5, 0.6) is 17.2 Å². The number of nitrogens with one attached hydrogen (secondary N) is 1. The molecule has 0 aliphatic heterocycles. The molecule has 0 amide bonds. The molecule has 3 aromatic carbocycles. The number of hydrogen-bond donors (Lipinski definition) is 1. The van der Waals surface area contributed by atoms with Crippen LogP contribution in [-0.4, -0.2) is 37.3 Å². The van der Waals surface area contributed by atoms with E-state index in [0.717, 1.165) is 22.4 Å². The second kappa shape index (κ2) is 11.6. The van der Waals surface area contributed by atoms with Gasteiger partial charge in [-0.1, -0.05) is 58.5 Å². The lowest BCUT2D eigenvalue weighted by Gasteiger charge is -2.17. The fourth-order valence-corrected chi connectivity index (χ4v) is 5.41. The number of methoxy groups -OCH3 is 1.